The van der Waals surface area contributed by atoms with Crippen molar-refractivity contribution in [3.05, 3.63) is 57.8 Å². The molecule has 0 unspecified atom stereocenters. The van der Waals surface area contributed by atoms with E-state index in [1.807, 2.05) is 6.07 Å². The number of amides is 3. The molecule has 4 rings (SSSR count). The summed E-state index contributed by atoms with van der Waals surface area (Å²) >= 11 is 1.78. The lowest BCUT2D eigenvalue weighted by molar-refractivity contribution is -0.133. The number of hydrogen-bond donors (Lipinski definition) is 1. The van der Waals surface area contributed by atoms with E-state index in [1.165, 1.54) is 20.2 Å². The first-order valence-electron chi connectivity index (χ1n) is 11.0. The Balaban J connectivity index is 1.48. The van der Waals surface area contributed by atoms with E-state index < -0.39 is 5.54 Å². The van der Waals surface area contributed by atoms with Crippen molar-refractivity contribution < 1.29 is 9.59 Å². The van der Waals surface area contributed by atoms with E-state index in [2.05, 4.69) is 53.5 Å². The van der Waals surface area contributed by atoms with Gasteiger partial charge in [-0.1, -0.05) is 56.0 Å². The Morgan fingerprint density at radius 1 is 1.03 bits per heavy atom. The first-order chi connectivity index (χ1) is 14.6. The van der Waals surface area contributed by atoms with Gasteiger partial charge >= 0.3 is 6.03 Å². The van der Waals surface area contributed by atoms with E-state index in [-0.39, 0.29) is 11.9 Å². The summed E-state index contributed by atoms with van der Waals surface area (Å²) in [7, 11) is 0. The fraction of sp³-hybridized carbons (Fsp3) is 0.500. The van der Waals surface area contributed by atoms with E-state index in [0.29, 0.717) is 6.67 Å². The summed E-state index contributed by atoms with van der Waals surface area (Å²) in [4.78, 5) is 32.4. The topological polar surface area (TPSA) is 52.6 Å². The molecule has 0 atom stereocenters. The zero-order valence-corrected chi connectivity index (χ0v) is 18.5. The van der Waals surface area contributed by atoms with Gasteiger partial charge in [0.05, 0.1) is 6.67 Å². The van der Waals surface area contributed by atoms with E-state index >= 15 is 0 Å². The predicted molar refractivity (Wildman–Crippen MR) is 120 cm³/mol. The number of carbonyl (C=O) groups is 2. The van der Waals surface area contributed by atoms with Crippen molar-refractivity contribution >= 4 is 23.3 Å². The average molecular weight is 426 g/mol. The molecule has 2 heterocycles. The van der Waals surface area contributed by atoms with Gasteiger partial charge in [-0.3, -0.25) is 9.69 Å². The van der Waals surface area contributed by atoms with Crippen molar-refractivity contribution in [2.75, 3.05) is 13.2 Å². The van der Waals surface area contributed by atoms with Crippen LogP contribution in [0.2, 0.25) is 0 Å². The molecule has 6 heteroatoms. The smallest absolute Gasteiger partial charge is 0.323 e. The molecular weight excluding hydrogens is 394 g/mol. The van der Waals surface area contributed by atoms with Gasteiger partial charge in [-0.15, -0.1) is 11.3 Å². The van der Waals surface area contributed by atoms with Crippen LogP contribution in [0.15, 0.2) is 42.5 Å². The molecule has 30 heavy (non-hydrogen) atoms. The molecule has 1 aliphatic heterocycles. The van der Waals surface area contributed by atoms with Crippen molar-refractivity contribution in [3.63, 3.8) is 0 Å². The van der Waals surface area contributed by atoms with Crippen molar-refractivity contribution in [1.82, 2.24) is 15.1 Å². The number of rotatable bonds is 7. The summed E-state index contributed by atoms with van der Waals surface area (Å²) in [6.45, 7) is 3.99. The zero-order chi connectivity index (χ0) is 21.0. The lowest BCUT2D eigenvalue weighted by Gasteiger charge is -2.28. The third kappa shape index (κ3) is 4.76. The van der Waals surface area contributed by atoms with Gasteiger partial charge in [-0.05, 0) is 43.9 Å². The maximum Gasteiger partial charge on any atom is 0.326 e. The maximum atomic E-state index is 13.3. The molecule has 1 aromatic carbocycles. The number of nitrogens with one attached hydrogen (secondary N) is 1. The second-order valence-corrected chi connectivity index (χ2v) is 9.97. The standard InChI is InChI=1S/C24H31N3O2S/c1-19-11-12-21(30-19)17-26(16-13-20-9-5-4-6-10-20)18-27-22(28)24(25-23(27)29)14-7-2-3-8-15-24/h4-6,9-12H,2-3,7-8,13-18H2,1H3,(H,25,29). The molecule has 2 fully saturated rings. The average Bonchev–Trinajstić information content (AvgIpc) is 3.13. The number of imide groups is 1. The second-order valence-electron chi connectivity index (χ2n) is 8.60. The summed E-state index contributed by atoms with van der Waals surface area (Å²) in [6.07, 6.45) is 6.72. The quantitative estimate of drug-likeness (QED) is 0.654. The van der Waals surface area contributed by atoms with Gasteiger partial charge < -0.3 is 5.32 Å². The highest BCUT2D eigenvalue weighted by Crippen LogP contribution is 2.33. The number of hydrogen-bond acceptors (Lipinski definition) is 4. The fourth-order valence-corrected chi connectivity index (χ4v) is 5.53. The number of benzene rings is 1. The van der Waals surface area contributed by atoms with Crippen LogP contribution in [-0.4, -0.2) is 40.5 Å². The van der Waals surface area contributed by atoms with Gasteiger partial charge in [0.1, 0.15) is 5.54 Å². The number of thiophene rings is 1. The van der Waals surface area contributed by atoms with Crippen molar-refractivity contribution in [3.8, 4) is 0 Å². The minimum Gasteiger partial charge on any atom is -0.323 e. The summed E-state index contributed by atoms with van der Waals surface area (Å²) in [5, 5.41) is 3.07. The summed E-state index contributed by atoms with van der Waals surface area (Å²) in [6, 6.07) is 14.4. The van der Waals surface area contributed by atoms with Gasteiger partial charge in [0, 0.05) is 22.8 Å². The molecule has 1 saturated heterocycles. The normalized spacial score (nSPS) is 18.8. The van der Waals surface area contributed by atoms with Crippen LogP contribution in [0.3, 0.4) is 0 Å². The van der Waals surface area contributed by atoms with Crippen LogP contribution >= 0.6 is 11.3 Å². The van der Waals surface area contributed by atoms with Crippen LogP contribution in [0.4, 0.5) is 4.79 Å². The number of carbonyl (C=O) groups excluding carboxylic acids is 2. The van der Waals surface area contributed by atoms with Crippen LogP contribution in [0.25, 0.3) is 0 Å². The summed E-state index contributed by atoms with van der Waals surface area (Å²) in [5.41, 5.74) is 0.598. The van der Waals surface area contributed by atoms with Gasteiger partial charge in [0.2, 0.25) is 0 Å². The molecule has 1 saturated carbocycles. The first-order valence-corrected chi connectivity index (χ1v) is 11.8. The molecule has 2 aliphatic rings. The number of urea groups is 1. The molecule has 0 bridgehead atoms. The first kappa shape index (κ1) is 21.1. The molecular formula is C24H31N3O2S. The summed E-state index contributed by atoms with van der Waals surface area (Å²) in [5.74, 6) is -0.0264. The number of aryl methyl sites for hydroxylation is 1. The summed E-state index contributed by atoms with van der Waals surface area (Å²) < 4.78 is 0. The Hall–Kier alpha value is -2.18. The van der Waals surface area contributed by atoms with E-state index in [9.17, 15) is 9.59 Å². The molecule has 0 radical (unpaired) electrons. The highest BCUT2D eigenvalue weighted by atomic mass is 32.1. The minimum absolute atomic E-state index is 0.0264. The van der Waals surface area contributed by atoms with Gasteiger partial charge in [0.15, 0.2) is 0 Å². The van der Waals surface area contributed by atoms with Crippen molar-refractivity contribution in [2.24, 2.45) is 0 Å². The molecule has 1 aromatic heterocycles. The Morgan fingerprint density at radius 2 is 1.77 bits per heavy atom. The Morgan fingerprint density at radius 3 is 2.43 bits per heavy atom. The number of nitrogens with zero attached hydrogens (tertiary/aromatic N) is 2. The third-order valence-electron chi connectivity index (χ3n) is 6.28. The Bertz CT molecular complexity index is 872. The van der Waals surface area contributed by atoms with Gasteiger partial charge in [-0.2, -0.15) is 0 Å². The SMILES string of the molecule is Cc1ccc(CN(CCc2ccccc2)CN2C(=O)NC3(CCCCCC3)C2=O)s1. The van der Waals surface area contributed by atoms with E-state index in [0.717, 1.165) is 58.0 Å². The molecule has 1 N–H and O–H groups in total. The predicted octanol–water partition coefficient (Wildman–Crippen LogP) is 4.70. The van der Waals surface area contributed by atoms with Gasteiger partial charge in [-0.25, -0.2) is 9.69 Å². The highest BCUT2D eigenvalue weighted by Gasteiger charge is 2.50. The second kappa shape index (κ2) is 9.31. The molecule has 5 nitrogen and oxygen atoms in total. The van der Waals surface area contributed by atoms with Crippen molar-refractivity contribution in [2.45, 2.75) is 64.0 Å². The maximum absolute atomic E-state index is 13.3. The van der Waals surface area contributed by atoms with Crippen LogP contribution < -0.4 is 5.32 Å². The van der Waals surface area contributed by atoms with Crippen LogP contribution in [-0.2, 0) is 17.8 Å². The van der Waals surface area contributed by atoms with Crippen LogP contribution in [0.5, 0.6) is 0 Å². The minimum atomic E-state index is -0.668. The largest absolute Gasteiger partial charge is 0.326 e. The molecule has 2 aromatic rings. The van der Waals surface area contributed by atoms with E-state index in [4.69, 9.17) is 0 Å². The highest BCUT2D eigenvalue weighted by molar-refractivity contribution is 7.11. The zero-order valence-electron chi connectivity index (χ0n) is 17.7. The lowest BCUT2D eigenvalue weighted by Crippen LogP contribution is -2.47. The molecule has 3 amide bonds. The third-order valence-corrected chi connectivity index (χ3v) is 7.26. The molecule has 1 aliphatic carbocycles. The van der Waals surface area contributed by atoms with Crippen molar-refractivity contribution in [1.29, 1.82) is 0 Å². The fourth-order valence-electron chi connectivity index (χ4n) is 4.60. The Kier molecular flexibility index (Phi) is 6.54. The molecule has 1 spiro atoms. The lowest BCUT2D eigenvalue weighted by atomic mass is 9.90. The monoisotopic (exact) mass is 425 g/mol. The van der Waals surface area contributed by atoms with Crippen LogP contribution in [0.1, 0.15) is 53.8 Å². The van der Waals surface area contributed by atoms with Gasteiger partial charge in [0.25, 0.3) is 5.91 Å². The van der Waals surface area contributed by atoms with Crippen LogP contribution in [0, 0.1) is 6.92 Å². The molecule has 160 valence electrons. The Labute approximate surface area is 183 Å². The van der Waals surface area contributed by atoms with E-state index in [1.54, 1.807) is 11.3 Å².